The average molecular weight is 346 g/mol. The van der Waals surface area contributed by atoms with E-state index in [1.807, 2.05) is 0 Å². The molecule has 7 nitrogen and oxygen atoms in total. The van der Waals surface area contributed by atoms with Crippen LogP contribution in [0.2, 0.25) is 0 Å². The van der Waals surface area contributed by atoms with Gasteiger partial charge in [-0.2, -0.15) is 0 Å². The Morgan fingerprint density at radius 1 is 0.500 bits per heavy atom. The predicted octanol–water partition coefficient (Wildman–Crippen LogP) is 3.38. The molecule has 0 spiro atoms. The van der Waals surface area contributed by atoms with Gasteiger partial charge >= 0.3 is 18.1 Å². The molecule has 0 heterocycles. The summed E-state index contributed by atoms with van der Waals surface area (Å²) in [5.41, 5.74) is -4.57. The Morgan fingerprint density at radius 3 is 0.958 bits per heavy atom. The highest BCUT2D eigenvalue weighted by molar-refractivity contribution is 5.84. The van der Waals surface area contributed by atoms with Gasteiger partial charge in [-0.15, -0.1) is 0 Å². The van der Waals surface area contributed by atoms with Gasteiger partial charge in [0.25, 0.3) is 0 Å². The second-order valence-corrected chi connectivity index (χ2v) is 8.48. The number of ether oxygens (including phenoxy) is 4. The van der Waals surface area contributed by atoms with E-state index in [0.29, 0.717) is 0 Å². The average Bonchev–Trinajstić information content (AvgIpc) is 2.21. The van der Waals surface area contributed by atoms with E-state index < -0.39 is 40.5 Å². The third-order valence-corrected chi connectivity index (χ3v) is 2.46. The van der Waals surface area contributed by atoms with Crippen molar-refractivity contribution in [2.24, 2.45) is 0 Å². The Kier molecular flexibility index (Phi) is 6.47. The molecule has 0 fully saturated rings. The predicted molar refractivity (Wildman–Crippen MR) is 87.4 cm³/mol. The molecular formula is C17H30O7. The molecule has 0 bridgehead atoms. The van der Waals surface area contributed by atoms with Crippen molar-refractivity contribution in [1.82, 2.24) is 0 Å². The minimum Gasteiger partial charge on any atom is -0.457 e. The van der Waals surface area contributed by atoms with E-state index in [1.54, 1.807) is 41.5 Å². The van der Waals surface area contributed by atoms with Crippen LogP contribution in [0.5, 0.6) is 0 Å². The van der Waals surface area contributed by atoms with E-state index in [9.17, 15) is 14.4 Å². The molecular weight excluding hydrogens is 316 g/mol. The monoisotopic (exact) mass is 346 g/mol. The molecule has 24 heavy (non-hydrogen) atoms. The van der Waals surface area contributed by atoms with Crippen molar-refractivity contribution >= 4 is 18.1 Å². The van der Waals surface area contributed by atoms with E-state index in [2.05, 4.69) is 0 Å². The van der Waals surface area contributed by atoms with Crippen LogP contribution in [0, 0.1) is 0 Å². The number of carbonyl (C=O) groups excluding carboxylic acids is 3. The molecule has 0 amide bonds. The molecule has 0 aromatic rings. The lowest BCUT2D eigenvalue weighted by molar-refractivity contribution is -0.183. The molecule has 0 unspecified atom stereocenters. The van der Waals surface area contributed by atoms with Crippen molar-refractivity contribution in [1.29, 1.82) is 0 Å². The summed E-state index contributed by atoms with van der Waals surface area (Å²) in [6.45, 7) is 15.7. The topological polar surface area (TPSA) is 88.1 Å². The van der Waals surface area contributed by atoms with E-state index in [-0.39, 0.29) is 0 Å². The molecule has 0 N–H and O–H groups in total. The van der Waals surface area contributed by atoms with Crippen LogP contribution in [0.15, 0.2) is 0 Å². The first-order chi connectivity index (χ1) is 10.4. The smallest absolute Gasteiger partial charge is 0.457 e. The lowest BCUT2D eigenvalue weighted by Crippen LogP contribution is -2.46. The van der Waals surface area contributed by atoms with Gasteiger partial charge in [-0.1, -0.05) is 0 Å². The van der Waals surface area contributed by atoms with Gasteiger partial charge in [-0.25, -0.2) is 14.4 Å². The molecule has 0 saturated heterocycles. The van der Waals surface area contributed by atoms with Crippen LogP contribution in [0.3, 0.4) is 0 Å². The molecule has 0 aliphatic heterocycles. The standard InChI is InChI=1S/C17H30O7/c1-14(2,3)21-11(18)16(7,8)23-13(20)24-17(9,10)12(19)22-15(4,5)6/h1-10H3. The molecule has 0 radical (unpaired) electrons. The highest BCUT2D eigenvalue weighted by Crippen LogP contribution is 2.22. The number of hydrogen-bond donors (Lipinski definition) is 0. The SMILES string of the molecule is CC(C)(C)OC(=O)C(C)(C)OC(=O)OC(C)(C)C(=O)OC(C)(C)C. The molecule has 7 heteroatoms. The summed E-state index contributed by atoms with van der Waals surface area (Å²) in [6.07, 6.45) is -1.17. The lowest BCUT2D eigenvalue weighted by atomic mass is 10.1. The highest BCUT2D eigenvalue weighted by atomic mass is 16.8. The van der Waals surface area contributed by atoms with Crippen LogP contribution in [-0.2, 0) is 28.5 Å². The zero-order chi connectivity index (χ0) is 19.6. The van der Waals surface area contributed by atoms with Crippen molar-refractivity contribution in [3.05, 3.63) is 0 Å². The normalized spacial score (nSPS) is 13.1. The number of carbonyl (C=O) groups is 3. The fourth-order valence-electron chi connectivity index (χ4n) is 1.32. The first-order valence-corrected chi connectivity index (χ1v) is 7.75. The van der Waals surface area contributed by atoms with Gasteiger partial charge in [0.05, 0.1) is 0 Å². The Hall–Kier alpha value is -1.79. The highest BCUT2D eigenvalue weighted by Gasteiger charge is 2.41. The maximum Gasteiger partial charge on any atom is 0.510 e. The number of rotatable bonds is 4. The summed E-state index contributed by atoms with van der Waals surface area (Å²) < 4.78 is 20.4. The summed E-state index contributed by atoms with van der Waals surface area (Å²) in [6, 6.07) is 0. The van der Waals surface area contributed by atoms with Crippen molar-refractivity contribution in [3.63, 3.8) is 0 Å². The van der Waals surface area contributed by atoms with Crippen LogP contribution < -0.4 is 0 Å². The molecule has 0 atom stereocenters. The van der Waals surface area contributed by atoms with E-state index in [1.165, 1.54) is 27.7 Å². The third kappa shape index (κ3) is 8.17. The Labute approximate surface area is 144 Å². The molecule has 0 saturated carbocycles. The molecule has 0 aromatic heterocycles. The summed E-state index contributed by atoms with van der Waals surface area (Å²) in [5.74, 6) is -1.44. The molecule has 0 aliphatic rings. The zero-order valence-electron chi connectivity index (χ0n) is 16.4. The third-order valence-electron chi connectivity index (χ3n) is 2.46. The maximum absolute atomic E-state index is 12.1. The summed E-state index contributed by atoms with van der Waals surface area (Å²) in [7, 11) is 0. The van der Waals surface area contributed by atoms with Crippen molar-refractivity contribution in [3.8, 4) is 0 Å². The summed E-state index contributed by atoms with van der Waals surface area (Å²) in [5, 5.41) is 0. The Bertz CT molecular complexity index is 446. The molecule has 0 aromatic carbocycles. The number of hydrogen-bond acceptors (Lipinski definition) is 7. The first kappa shape index (κ1) is 22.2. The van der Waals surface area contributed by atoms with E-state index >= 15 is 0 Å². The number of esters is 2. The van der Waals surface area contributed by atoms with E-state index in [4.69, 9.17) is 18.9 Å². The minimum absolute atomic E-state index is 0.720. The minimum atomic E-state index is -1.56. The van der Waals surface area contributed by atoms with Crippen LogP contribution in [0.25, 0.3) is 0 Å². The van der Waals surface area contributed by atoms with Crippen LogP contribution in [0.4, 0.5) is 4.79 Å². The lowest BCUT2D eigenvalue weighted by Gasteiger charge is -2.31. The summed E-state index contributed by atoms with van der Waals surface area (Å²) in [4.78, 5) is 36.1. The van der Waals surface area contributed by atoms with Gasteiger partial charge in [-0.05, 0) is 69.2 Å². The van der Waals surface area contributed by atoms with E-state index in [0.717, 1.165) is 0 Å². The second kappa shape index (κ2) is 6.99. The molecule has 0 rings (SSSR count). The largest absolute Gasteiger partial charge is 0.510 e. The second-order valence-electron chi connectivity index (χ2n) is 8.48. The first-order valence-electron chi connectivity index (χ1n) is 7.75. The van der Waals surface area contributed by atoms with Gasteiger partial charge < -0.3 is 18.9 Å². The van der Waals surface area contributed by atoms with Crippen molar-refractivity contribution < 1.29 is 33.3 Å². The Morgan fingerprint density at radius 2 is 0.750 bits per heavy atom. The van der Waals surface area contributed by atoms with Gasteiger partial charge in [-0.3, -0.25) is 0 Å². The quantitative estimate of drug-likeness (QED) is 0.569. The van der Waals surface area contributed by atoms with Gasteiger partial charge in [0.15, 0.2) is 0 Å². The summed E-state index contributed by atoms with van der Waals surface area (Å²) >= 11 is 0. The fourth-order valence-corrected chi connectivity index (χ4v) is 1.32. The van der Waals surface area contributed by atoms with Crippen LogP contribution in [-0.4, -0.2) is 40.5 Å². The molecule has 0 aliphatic carbocycles. The van der Waals surface area contributed by atoms with Crippen molar-refractivity contribution in [2.75, 3.05) is 0 Å². The van der Waals surface area contributed by atoms with Crippen LogP contribution >= 0.6 is 0 Å². The van der Waals surface area contributed by atoms with Gasteiger partial charge in [0, 0.05) is 0 Å². The molecule has 140 valence electrons. The van der Waals surface area contributed by atoms with Gasteiger partial charge in [0.2, 0.25) is 11.2 Å². The van der Waals surface area contributed by atoms with Crippen molar-refractivity contribution in [2.45, 2.75) is 91.6 Å². The zero-order valence-corrected chi connectivity index (χ0v) is 16.4. The Balaban J connectivity index is 4.88. The van der Waals surface area contributed by atoms with Gasteiger partial charge in [0.1, 0.15) is 11.2 Å². The van der Waals surface area contributed by atoms with Crippen LogP contribution in [0.1, 0.15) is 69.2 Å². The fraction of sp³-hybridized carbons (Fsp3) is 0.824. The maximum atomic E-state index is 12.1.